The maximum atomic E-state index is 5.20. The molecule has 18 heavy (non-hydrogen) atoms. The van der Waals surface area contributed by atoms with E-state index in [4.69, 9.17) is 12.2 Å². The van der Waals surface area contributed by atoms with Gasteiger partial charge in [-0.15, -0.1) is 0 Å². The van der Waals surface area contributed by atoms with Crippen molar-refractivity contribution in [1.82, 2.24) is 5.32 Å². The quantitative estimate of drug-likeness (QED) is 0.639. The first-order valence-corrected chi connectivity index (χ1v) is 6.49. The molecule has 1 rings (SSSR count). The van der Waals surface area contributed by atoms with Crippen molar-refractivity contribution in [3.63, 3.8) is 0 Å². The second-order valence-electron chi connectivity index (χ2n) is 5.59. The smallest absolute Gasteiger partial charge is 0.171 e. The van der Waals surface area contributed by atoms with E-state index in [1.165, 1.54) is 5.56 Å². The van der Waals surface area contributed by atoms with Crippen molar-refractivity contribution in [2.75, 3.05) is 11.9 Å². The van der Waals surface area contributed by atoms with E-state index in [1.54, 1.807) is 0 Å². The van der Waals surface area contributed by atoms with Crippen molar-refractivity contribution in [2.24, 2.45) is 0 Å². The number of hydrogen-bond acceptors (Lipinski definition) is 1. The lowest BCUT2D eigenvalue weighted by Gasteiger charge is -2.19. The summed E-state index contributed by atoms with van der Waals surface area (Å²) in [5.74, 6) is 0. The molecule has 0 saturated heterocycles. The van der Waals surface area contributed by atoms with E-state index in [-0.39, 0.29) is 5.41 Å². The molecule has 2 N–H and O–H groups in total. The molecule has 0 unspecified atom stereocenters. The number of thiocarbonyl (C=S) groups is 1. The molecule has 0 aromatic heterocycles. The first-order valence-electron chi connectivity index (χ1n) is 6.09. The third kappa shape index (κ3) is 4.88. The van der Waals surface area contributed by atoms with Crippen molar-refractivity contribution >= 4 is 23.0 Å². The predicted molar refractivity (Wildman–Crippen MR) is 84.2 cm³/mol. The molecule has 0 radical (unpaired) electrons. The Labute approximate surface area is 115 Å². The molecule has 0 aliphatic heterocycles. The van der Waals surface area contributed by atoms with Crippen LogP contribution in [0, 0.1) is 0 Å². The summed E-state index contributed by atoms with van der Waals surface area (Å²) < 4.78 is 0. The van der Waals surface area contributed by atoms with Gasteiger partial charge in [-0.1, -0.05) is 45.1 Å². The minimum atomic E-state index is 0.178. The number of anilines is 1. The van der Waals surface area contributed by atoms with E-state index < -0.39 is 0 Å². The highest BCUT2D eigenvalue weighted by molar-refractivity contribution is 7.80. The Morgan fingerprint density at radius 2 is 1.78 bits per heavy atom. The molecule has 0 aliphatic carbocycles. The van der Waals surface area contributed by atoms with Gasteiger partial charge in [0.25, 0.3) is 0 Å². The van der Waals surface area contributed by atoms with Gasteiger partial charge in [0.2, 0.25) is 0 Å². The second-order valence-corrected chi connectivity index (χ2v) is 6.00. The molecular formula is C15H22N2S. The first kappa shape index (κ1) is 14.7. The predicted octanol–water partition coefficient (Wildman–Crippen LogP) is 3.85. The van der Waals surface area contributed by atoms with Gasteiger partial charge in [-0.25, -0.2) is 0 Å². The summed E-state index contributed by atoms with van der Waals surface area (Å²) in [5, 5.41) is 6.88. The van der Waals surface area contributed by atoms with Crippen LogP contribution in [0.25, 0.3) is 0 Å². The minimum Gasteiger partial charge on any atom is -0.359 e. The Balaban J connectivity index is 2.59. The van der Waals surface area contributed by atoms with Gasteiger partial charge in [0.15, 0.2) is 5.11 Å². The average Bonchev–Trinajstić information content (AvgIpc) is 2.26. The lowest BCUT2D eigenvalue weighted by Crippen LogP contribution is -2.29. The summed E-state index contributed by atoms with van der Waals surface area (Å²) in [6.07, 6.45) is 0. The van der Waals surface area contributed by atoms with Crippen LogP contribution in [0.15, 0.2) is 36.4 Å². The largest absolute Gasteiger partial charge is 0.359 e. The Hall–Kier alpha value is -1.35. The number of hydrogen-bond donors (Lipinski definition) is 2. The molecule has 0 saturated carbocycles. The Kier molecular flexibility index (Phi) is 4.91. The van der Waals surface area contributed by atoms with Crippen LogP contribution in [0.4, 0.5) is 5.69 Å². The molecule has 0 bridgehead atoms. The molecule has 0 spiro atoms. The van der Waals surface area contributed by atoms with Gasteiger partial charge in [0.05, 0.1) is 0 Å². The number of benzene rings is 1. The first-order chi connectivity index (χ1) is 8.29. The van der Waals surface area contributed by atoms with Crippen LogP contribution in [0.5, 0.6) is 0 Å². The maximum Gasteiger partial charge on any atom is 0.171 e. The standard InChI is InChI=1S/C15H22N2S/c1-11(2)10-16-14(18)17-13-8-6-12(7-9-13)15(3,4)5/h6-9H,1,10H2,2-5H3,(H2,16,17,18). The second kappa shape index (κ2) is 6.01. The topological polar surface area (TPSA) is 24.1 Å². The van der Waals surface area contributed by atoms with E-state index in [2.05, 4.69) is 62.2 Å². The summed E-state index contributed by atoms with van der Waals surface area (Å²) in [6, 6.07) is 8.36. The van der Waals surface area contributed by atoms with E-state index in [0.717, 1.165) is 11.3 Å². The fourth-order valence-corrected chi connectivity index (χ4v) is 1.65. The molecule has 0 heterocycles. The molecular weight excluding hydrogens is 240 g/mol. The fraction of sp³-hybridized carbons (Fsp3) is 0.400. The summed E-state index contributed by atoms with van der Waals surface area (Å²) in [7, 11) is 0. The summed E-state index contributed by atoms with van der Waals surface area (Å²) >= 11 is 5.20. The van der Waals surface area contributed by atoms with Gasteiger partial charge < -0.3 is 10.6 Å². The number of rotatable bonds is 3. The van der Waals surface area contributed by atoms with Crippen LogP contribution >= 0.6 is 12.2 Å². The van der Waals surface area contributed by atoms with E-state index in [1.807, 2.05) is 6.92 Å². The van der Waals surface area contributed by atoms with Crippen LogP contribution in [0.3, 0.4) is 0 Å². The molecule has 0 fully saturated rings. The van der Waals surface area contributed by atoms with Crippen molar-refractivity contribution in [3.05, 3.63) is 42.0 Å². The van der Waals surface area contributed by atoms with Gasteiger partial charge in [-0.05, 0) is 42.3 Å². The monoisotopic (exact) mass is 262 g/mol. The third-order valence-corrected chi connectivity index (χ3v) is 2.81. The zero-order valence-corrected chi connectivity index (χ0v) is 12.4. The van der Waals surface area contributed by atoms with Gasteiger partial charge in [-0.3, -0.25) is 0 Å². The van der Waals surface area contributed by atoms with E-state index >= 15 is 0 Å². The molecule has 1 aromatic carbocycles. The lowest BCUT2D eigenvalue weighted by molar-refractivity contribution is 0.590. The zero-order valence-electron chi connectivity index (χ0n) is 11.6. The third-order valence-electron chi connectivity index (χ3n) is 2.56. The molecule has 98 valence electrons. The van der Waals surface area contributed by atoms with E-state index in [0.29, 0.717) is 11.7 Å². The van der Waals surface area contributed by atoms with Crippen molar-refractivity contribution in [2.45, 2.75) is 33.1 Å². The Morgan fingerprint density at radius 1 is 1.22 bits per heavy atom. The molecule has 3 heteroatoms. The van der Waals surface area contributed by atoms with Crippen LogP contribution in [0.1, 0.15) is 33.3 Å². The van der Waals surface area contributed by atoms with Gasteiger partial charge in [0, 0.05) is 12.2 Å². The van der Waals surface area contributed by atoms with E-state index in [9.17, 15) is 0 Å². The van der Waals surface area contributed by atoms with Crippen LogP contribution in [0.2, 0.25) is 0 Å². The van der Waals surface area contributed by atoms with Crippen molar-refractivity contribution < 1.29 is 0 Å². The van der Waals surface area contributed by atoms with Crippen molar-refractivity contribution in [1.29, 1.82) is 0 Å². The molecule has 0 aliphatic rings. The highest BCUT2D eigenvalue weighted by atomic mass is 32.1. The van der Waals surface area contributed by atoms with Crippen LogP contribution in [-0.2, 0) is 5.41 Å². The highest BCUT2D eigenvalue weighted by Crippen LogP contribution is 2.23. The normalized spacial score (nSPS) is 10.9. The molecule has 0 amide bonds. The Bertz CT molecular complexity index is 427. The van der Waals surface area contributed by atoms with Crippen molar-refractivity contribution in [3.8, 4) is 0 Å². The summed E-state index contributed by atoms with van der Waals surface area (Å²) in [5.41, 5.74) is 3.55. The fourth-order valence-electron chi connectivity index (χ4n) is 1.46. The number of nitrogens with one attached hydrogen (secondary N) is 2. The Morgan fingerprint density at radius 3 is 2.22 bits per heavy atom. The summed E-state index contributed by atoms with van der Waals surface area (Å²) in [4.78, 5) is 0. The summed E-state index contributed by atoms with van der Waals surface area (Å²) in [6.45, 7) is 13.1. The van der Waals surface area contributed by atoms with Gasteiger partial charge >= 0.3 is 0 Å². The molecule has 1 aromatic rings. The molecule has 0 atom stereocenters. The maximum absolute atomic E-state index is 5.20. The van der Waals surface area contributed by atoms with Gasteiger partial charge in [-0.2, -0.15) is 0 Å². The SMILES string of the molecule is C=C(C)CNC(=S)Nc1ccc(C(C)(C)C)cc1. The zero-order chi connectivity index (χ0) is 13.8. The lowest BCUT2D eigenvalue weighted by atomic mass is 9.87. The van der Waals surface area contributed by atoms with Crippen LogP contribution < -0.4 is 10.6 Å². The average molecular weight is 262 g/mol. The van der Waals surface area contributed by atoms with Crippen LogP contribution in [-0.4, -0.2) is 11.7 Å². The minimum absolute atomic E-state index is 0.178. The van der Waals surface area contributed by atoms with Gasteiger partial charge in [0.1, 0.15) is 0 Å². The highest BCUT2D eigenvalue weighted by Gasteiger charge is 2.12. The molecule has 2 nitrogen and oxygen atoms in total.